The highest BCUT2D eigenvalue weighted by Gasteiger charge is 2.39. The third-order valence-corrected chi connectivity index (χ3v) is 4.74. The molecule has 3 rings (SSSR count). The van der Waals surface area contributed by atoms with Crippen molar-refractivity contribution >= 4 is 22.9 Å². The fourth-order valence-corrected chi connectivity index (χ4v) is 3.79. The van der Waals surface area contributed by atoms with E-state index in [1.165, 1.54) is 31.2 Å². The van der Waals surface area contributed by atoms with Gasteiger partial charge in [-0.05, 0) is 55.7 Å². The third kappa shape index (κ3) is 2.12. The number of nitrogens with one attached hydrogen (secondary N) is 1. The van der Waals surface area contributed by atoms with Crippen molar-refractivity contribution in [2.24, 2.45) is 17.6 Å². The molecule has 3 atom stereocenters. The molecule has 0 heterocycles. The Balaban J connectivity index is 1.83. The summed E-state index contributed by atoms with van der Waals surface area (Å²) >= 11 is 5.14. The summed E-state index contributed by atoms with van der Waals surface area (Å²) in [5, 5.41) is 3.70. The van der Waals surface area contributed by atoms with E-state index in [0.717, 1.165) is 23.1 Å². The zero-order valence-corrected chi connectivity index (χ0v) is 11.6. The second-order valence-electron chi connectivity index (χ2n) is 5.84. The maximum Gasteiger partial charge on any atom is 0.106 e. The van der Waals surface area contributed by atoms with Crippen LogP contribution in [0.2, 0.25) is 0 Å². The summed E-state index contributed by atoms with van der Waals surface area (Å²) in [4.78, 5) is 0.487. The number of aryl methyl sites for hydroxylation is 1. The normalized spacial score (nSPS) is 29.5. The lowest BCUT2D eigenvalue weighted by molar-refractivity contribution is 0.440. The Hall–Kier alpha value is -1.09. The van der Waals surface area contributed by atoms with E-state index in [-0.39, 0.29) is 0 Å². The van der Waals surface area contributed by atoms with Crippen LogP contribution in [0.25, 0.3) is 0 Å². The minimum atomic E-state index is 0.487. The highest BCUT2D eigenvalue weighted by molar-refractivity contribution is 7.80. The molecule has 2 aliphatic carbocycles. The van der Waals surface area contributed by atoms with E-state index in [1.54, 1.807) is 0 Å². The predicted octanol–water partition coefficient (Wildman–Crippen LogP) is 3.23. The molecule has 96 valence electrons. The fraction of sp³-hybridized carbons (Fsp3) is 0.533. The van der Waals surface area contributed by atoms with Gasteiger partial charge in [0.2, 0.25) is 0 Å². The Labute approximate surface area is 114 Å². The Bertz CT molecular complexity index is 483. The minimum absolute atomic E-state index is 0.487. The number of hydrogen-bond acceptors (Lipinski definition) is 2. The lowest BCUT2D eigenvalue weighted by Gasteiger charge is -2.25. The summed E-state index contributed by atoms with van der Waals surface area (Å²) in [5.41, 5.74) is 9.17. The molecule has 3 heteroatoms. The monoisotopic (exact) mass is 260 g/mol. The average molecular weight is 260 g/mol. The van der Waals surface area contributed by atoms with Gasteiger partial charge in [0, 0.05) is 17.3 Å². The van der Waals surface area contributed by atoms with Gasteiger partial charge in [-0.2, -0.15) is 0 Å². The molecular formula is C15H20N2S. The van der Waals surface area contributed by atoms with Crippen LogP contribution in [-0.4, -0.2) is 11.0 Å². The van der Waals surface area contributed by atoms with Crippen molar-refractivity contribution in [3.05, 3.63) is 29.3 Å². The first-order valence-electron chi connectivity index (χ1n) is 6.80. The van der Waals surface area contributed by atoms with Crippen LogP contribution in [0.15, 0.2) is 18.2 Å². The molecule has 2 aliphatic rings. The van der Waals surface area contributed by atoms with Crippen LogP contribution in [0.1, 0.15) is 36.8 Å². The molecule has 0 saturated heterocycles. The molecule has 1 aromatic rings. The molecule has 0 aromatic heterocycles. The zero-order valence-electron chi connectivity index (χ0n) is 10.8. The molecule has 0 aliphatic heterocycles. The van der Waals surface area contributed by atoms with Gasteiger partial charge in [-0.15, -0.1) is 0 Å². The summed E-state index contributed by atoms with van der Waals surface area (Å²) in [6.07, 6.45) is 5.54. The number of fused-ring (bicyclic) bond motifs is 2. The molecule has 1 aromatic carbocycles. The molecule has 0 radical (unpaired) electrons. The summed E-state index contributed by atoms with van der Waals surface area (Å²) in [6.45, 7) is 2.11. The van der Waals surface area contributed by atoms with Crippen LogP contribution in [0.3, 0.4) is 0 Å². The first-order chi connectivity index (χ1) is 8.63. The standard InChI is InChI=1S/C15H20N2S/c1-9-2-5-12(15(16)18)14(6-9)17-13-8-10-3-4-11(13)7-10/h2,5-6,10-11,13,17H,3-4,7-8H2,1H3,(H2,16,18). The van der Waals surface area contributed by atoms with Crippen LogP contribution < -0.4 is 11.1 Å². The summed E-state index contributed by atoms with van der Waals surface area (Å²) in [6, 6.07) is 6.90. The van der Waals surface area contributed by atoms with Crippen LogP contribution in [-0.2, 0) is 0 Å². The van der Waals surface area contributed by atoms with Crippen LogP contribution in [0, 0.1) is 18.8 Å². The molecule has 18 heavy (non-hydrogen) atoms. The van der Waals surface area contributed by atoms with Crippen molar-refractivity contribution in [3.63, 3.8) is 0 Å². The highest BCUT2D eigenvalue weighted by atomic mass is 32.1. The van der Waals surface area contributed by atoms with Crippen molar-refractivity contribution < 1.29 is 0 Å². The number of rotatable bonds is 3. The van der Waals surface area contributed by atoms with Crippen LogP contribution in [0.5, 0.6) is 0 Å². The topological polar surface area (TPSA) is 38.0 Å². The lowest BCUT2D eigenvalue weighted by Crippen LogP contribution is -2.27. The molecular weight excluding hydrogens is 240 g/mol. The van der Waals surface area contributed by atoms with Crippen molar-refractivity contribution in [2.75, 3.05) is 5.32 Å². The van der Waals surface area contributed by atoms with Gasteiger partial charge >= 0.3 is 0 Å². The van der Waals surface area contributed by atoms with E-state index in [1.807, 2.05) is 6.07 Å². The van der Waals surface area contributed by atoms with E-state index in [9.17, 15) is 0 Å². The number of anilines is 1. The van der Waals surface area contributed by atoms with E-state index < -0.39 is 0 Å². The molecule has 2 fully saturated rings. The lowest BCUT2D eigenvalue weighted by atomic mass is 9.94. The summed E-state index contributed by atoms with van der Waals surface area (Å²) in [7, 11) is 0. The number of nitrogens with two attached hydrogens (primary N) is 1. The Kier molecular flexibility index (Phi) is 3.02. The number of thiocarbonyl (C=S) groups is 1. The minimum Gasteiger partial charge on any atom is -0.389 e. The average Bonchev–Trinajstić information content (AvgIpc) is 2.90. The smallest absolute Gasteiger partial charge is 0.106 e. The summed E-state index contributed by atoms with van der Waals surface area (Å²) in [5.74, 6) is 1.81. The first kappa shape index (κ1) is 12.0. The van der Waals surface area contributed by atoms with Gasteiger partial charge in [0.25, 0.3) is 0 Å². The van der Waals surface area contributed by atoms with E-state index >= 15 is 0 Å². The maximum absolute atomic E-state index is 5.81. The van der Waals surface area contributed by atoms with Crippen molar-refractivity contribution in [3.8, 4) is 0 Å². The molecule has 3 N–H and O–H groups in total. The van der Waals surface area contributed by atoms with Gasteiger partial charge in [-0.25, -0.2) is 0 Å². The van der Waals surface area contributed by atoms with Crippen molar-refractivity contribution in [1.82, 2.24) is 0 Å². The van der Waals surface area contributed by atoms with Gasteiger partial charge in [-0.3, -0.25) is 0 Å². The molecule has 2 nitrogen and oxygen atoms in total. The summed E-state index contributed by atoms with van der Waals surface area (Å²) < 4.78 is 0. The quantitative estimate of drug-likeness (QED) is 0.819. The molecule has 3 unspecified atom stereocenters. The molecule has 0 amide bonds. The van der Waals surface area contributed by atoms with Crippen molar-refractivity contribution in [2.45, 2.75) is 38.6 Å². The Morgan fingerprint density at radius 1 is 1.33 bits per heavy atom. The fourth-order valence-electron chi connectivity index (χ4n) is 3.61. The second kappa shape index (κ2) is 4.54. The number of benzene rings is 1. The van der Waals surface area contributed by atoms with Crippen LogP contribution in [0.4, 0.5) is 5.69 Å². The van der Waals surface area contributed by atoms with Crippen molar-refractivity contribution in [1.29, 1.82) is 0 Å². The van der Waals surface area contributed by atoms with Gasteiger partial charge in [0.05, 0.1) is 0 Å². The molecule has 2 saturated carbocycles. The first-order valence-corrected chi connectivity index (χ1v) is 7.21. The zero-order chi connectivity index (χ0) is 12.7. The SMILES string of the molecule is Cc1ccc(C(N)=S)c(NC2CC3CCC2C3)c1. The Morgan fingerprint density at radius 3 is 2.78 bits per heavy atom. The van der Waals surface area contributed by atoms with Crippen LogP contribution >= 0.6 is 12.2 Å². The number of hydrogen-bond donors (Lipinski definition) is 2. The molecule has 0 spiro atoms. The third-order valence-electron chi connectivity index (χ3n) is 4.52. The predicted molar refractivity (Wildman–Crippen MR) is 79.9 cm³/mol. The van der Waals surface area contributed by atoms with E-state index in [4.69, 9.17) is 18.0 Å². The Morgan fingerprint density at radius 2 is 2.17 bits per heavy atom. The maximum atomic E-state index is 5.81. The van der Waals surface area contributed by atoms with Gasteiger partial charge in [0.1, 0.15) is 4.99 Å². The second-order valence-corrected chi connectivity index (χ2v) is 6.28. The van der Waals surface area contributed by atoms with E-state index in [0.29, 0.717) is 11.0 Å². The molecule has 2 bridgehead atoms. The van der Waals surface area contributed by atoms with E-state index in [2.05, 4.69) is 24.4 Å². The highest BCUT2D eigenvalue weighted by Crippen LogP contribution is 2.45. The largest absolute Gasteiger partial charge is 0.389 e. The van der Waals surface area contributed by atoms with Gasteiger partial charge in [0.15, 0.2) is 0 Å². The van der Waals surface area contributed by atoms with Gasteiger partial charge < -0.3 is 11.1 Å². The van der Waals surface area contributed by atoms with Gasteiger partial charge in [-0.1, -0.05) is 24.7 Å².